The zero-order valence-electron chi connectivity index (χ0n) is 16.1. The van der Waals surface area contributed by atoms with Crippen molar-refractivity contribution in [2.75, 3.05) is 26.7 Å². The molecule has 2 aliphatic rings. The number of piperidine rings is 1. The maximum atomic E-state index is 12.8. The van der Waals surface area contributed by atoms with Gasteiger partial charge in [-0.05, 0) is 24.5 Å². The van der Waals surface area contributed by atoms with Crippen LogP contribution in [0.1, 0.15) is 34.9 Å². The smallest absolute Gasteiger partial charge is 0.410 e. The normalized spacial score (nSPS) is 19.9. The Morgan fingerprint density at radius 1 is 1.21 bits per heavy atom. The van der Waals surface area contributed by atoms with E-state index < -0.39 is 0 Å². The minimum absolute atomic E-state index is 0.0656. The molecule has 8 heteroatoms. The highest BCUT2D eigenvalue weighted by molar-refractivity contribution is 6.29. The van der Waals surface area contributed by atoms with Crippen molar-refractivity contribution in [3.63, 3.8) is 0 Å². The first kappa shape index (κ1) is 19.5. The average Bonchev–Trinajstić information content (AvgIpc) is 3.15. The minimum Gasteiger partial charge on any atom is -0.481 e. The van der Waals surface area contributed by atoms with Crippen LogP contribution in [0.5, 0.6) is 5.88 Å². The summed E-state index contributed by atoms with van der Waals surface area (Å²) in [5.41, 5.74) is 1.45. The van der Waals surface area contributed by atoms with Crippen LogP contribution in [-0.4, -0.2) is 59.6 Å². The standard InChI is InChI=1S/C21H22ClN3O4/c1-28-19-12-15(11-18(22)23-19)20(26)24-9-7-16(8-10-24)25-13-17(29-21(25)27)14-5-3-2-4-6-14/h2-6,11-12,16-17H,7-10,13H2,1H3. The molecule has 1 aromatic carbocycles. The van der Waals surface area contributed by atoms with E-state index in [4.69, 9.17) is 21.1 Å². The number of carbonyl (C=O) groups excluding carboxylic acids is 2. The van der Waals surface area contributed by atoms with Crippen molar-refractivity contribution >= 4 is 23.6 Å². The summed E-state index contributed by atoms with van der Waals surface area (Å²) in [5.74, 6) is 0.194. The van der Waals surface area contributed by atoms with Crippen LogP contribution < -0.4 is 4.74 Å². The molecule has 152 valence electrons. The predicted octanol–water partition coefficient (Wildman–Crippen LogP) is 3.54. The van der Waals surface area contributed by atoms with Crippen LogP contribution in [0.2, 0.25) is 5.15 Å². The van der Waals surface area contributed by atoms with Crippen molar-refractivity contribution in [3.05, 3.63) is 58.7 Å². The largest absolute Gasteiger partial charge is 0.481 e. The number of hydrogen-bond donors (Lipinski definition) is 0. The molecule has 2 fully saturated rings. The molecule has 2 aromatic rings. The number of halogens is 1. The summed E-state index contributed by atoms with van der Waals surface area (Å²) in [7, 11) is 1.48. The third-order valence-electron chi connectivity index (χ3n) is 5.43. The highest BCUT2D eigenvalue weighted by Gasteiger charge is 2.38. The van der Waals surface area contributed by atoms with Crippen LogP contribution in [0.3, 0.4) is 0 Å². The molecule has 0 bridgehead atoms. The summed E-state index contributed by atoms with van der Waals surface area (Å²) in [5, 5.41) is 0.217. The lowest BCUT2D eigenvalue weighted by molar-refractivity contribution is 0.0658. The first-order chi connectivity index (χ1) is 14.0. The number of rotatable bonds is 4. The molecule has 0 aliphatic carbocycles. The topological polar surface area (TPSA) is 72.0 Å². The zero-order valence-corrected chi connectivity index (χ0v) is 16.8. The van der Waals surface area contributed by atoms with Crippen LogP contribution in [0.4, 0.5) is 4.79 Å². The van der Waals surface area contributed by atoms with Crippen LogP contribution >= 0.6 is 11.6 Å². The minimum atomic E-state index is -0.283. The van der Waals surface area contributed by atoms with E-state index in [1.165, 1.54) is 7.11 Å². The Bertz CT molecular complexity index is 900. The van der Waals surface area contributed by atoms with E-state index >= 15 is 0 Å². The summed E-state index contributed by atoms with van der Waals surface area (Å²) < 4.78 is 10.7. The number of benzene rings is 1. The van der Waals surface area contributed by atoms with Gasteiger partial charge in [0.1, 0.15) is 11.3 Å². The van der Waals surface area contributed by atoms with Crippen molar-refractivity contribution in [1.82, 2.24) is 14.8 Å². The van der Waals surface area contributed by atoms with E-state index in [0.29, 0.717) is 43.9 Å². The molecule has 0 radical (unpaired) electrons. The molecule has 1 unspecified atom stereocenters. The Labute approximate surface area is 174 Å². The second kappa shape index (κ2) is 8.29. The van der Waals surface area contributed by atoms with Gasteiger partial charge in [-0.2, -0.15) is 0 Å². The molecular weight excluding hydrogens is 394 g/mol. The second-order valence-corrected chi connectivity index (χ2v) is 7.57. The number of aromatic nitrogens is 1. The van der Waals surface area contributed by atoms with Gasteiger partial charge < -0.3 is 19.3 Å². The van der Waals surface area contributed by atoms with Crippen LogP contribution in [0.15, 0.2) is 42.5 Å². The highest BCUT2D eigenvalue weighted by Crippen LogP contribution is 2.30. The fourth-order valence-electron chi connectivity index (χ4n) is 3.88. The van der Waals surface area contributed by atoms with Crippen molar-refractivity contribution in [2.45, 2.75) is 25.0 Å². The summed E-state index contributed by atoms with van der Waals surface area (Å²) in [6.45, 7) is 1.66. The molecule has 3 heterocycles. The third-order valence-corrected chi connectivity index (χ3v) is 5.62. The van der Waals surface area contributed by atoms with E-state index in [0.717, 1.165) is 5.56 Å². The molecule has 2 saturated heterocycles. The lowest BCUT2D eigenvalue weighted by Gasteiger charge is -2.35. The predicted molar refractivity (Wildman–Crippen MR) is 107 cm³/mol. The molecule has 4 rings (SSSR count). The molecule has 2 amide bonds. The van der Waals surface area contributed by atoms with E-state index in [1.807, 2.05) is 30.3 Å². The number of likely N-dealkylation sites (tertiary alicyclic amines) is 1. The van der Waals surface area contributed by atoms with E-state index in [2.05, 4.69) is 4.98 Å². The number of ether oxygens (including phenoxy) is 2. The maximum absolute atomic E-state index is 12.8. The monoisotopic (exact) mass is 415 g/mol. The summed E-state index contributed by atoms with van der Waals surface area (Å²) in [6.07, 6.45) is 0.889. The molecule has 1 atom stereocenters. The summed E-state index contributed by atoms with van der Waals surface area (Å²) in [6, 6.07) is 13.0. The van der Waals surface area contributed by atoms with Gasteiger partial charge in [0.15, 0.2) is 0 Å². The first-order valence-corrected chi connectivity index (χ1v) is 9.96. The fraction of sp³-hybridized carbons (Fsp3) is 0.381. The molecule has 0 spiro atoms. The quantitative estimate of drug-likeness (QED) is 0.714. The zero-order chi connectivity index (χ0) is 20.4. The lowest BCUT2D eigenvalue weighted by Crippen LogP contribution is -2.47. The van der Waals surface area contributed by atoms with Crippen molar-refractivity contribution in [1.29, 1.82) is 0 Å². The Morgan fingerprint density at radius 3 is 2.62 bits per heavy atom. The van der Waals surface area contributed by atoms with Gasteiger partial charge in [0.05, 0.1) is 13.7 Å². The van der Waals surface area contributed by atoms with Crippen molar-refractivity contribution < 1.29 is 19.1 Å². The number of methoxy groups -OCH3 is 1. The lowest BCUT2D eigenvalue weighted by atomic mass is 10.0. The van der Waals surface area contributed by atoms with Crippen molar-refractivity contribution in [3.8, 4) is 5.88 Å². The van der Waals surface area contributed by atoms with E-state index in [-0.39, 0.29) is 29.3 Å². The molecule has 29 heavy (non-hydrogen) atoms. The van der Waals surface area contributed by atoms with Crippen molar-refractivity contribution in [2.24, 2.45) is 0 Å². The molecule has 1 aromatic heterocycles. The van der Waals surface area contributed by atoms with Crippen LogP contribution in [-0.2, 0) is 4.74 Å². The fourth-order valence-corrected chi connectivity index (χ4v) is 4.08. The van der Waals surface area contributed by atoms with Crippen LogP contribution in [0.25, 0.3) is 0 Å². The van der Waals surface area contributed by atoms with Crippen LogP contribution in [0, 0.1) is 0 Å². The number of amides is 2. The molecule has 2 aliphatic heterocycles. The SMILES string of the molecule is COc1cc(C(=O)N2CCC(N3CC(c4ccccc4)OC3=O)CC2)cc(Cl)n1. The molecular formula is C21H22ClN3O4. The van der Waals surface area contributed by atoms with Gasteiger partial charge in [0.2, 0.25) is 5.88 Å². The maximum Gasteiger partial charge on any atom is 0.410 e. The molecule has 7 nitrogen and oxygen atoms in total. The number of nitrogens with zero attached hydrogens (tertiary/aromatic N) is 3. The Hall–Kier alpha value is -2.80. The Balaban J connectivity index is 1.38. The Morgan fingerprint density at radius 2 is 1.93 bits per heavy atom. The van der Waals surface area contributed by atoms with Gasteiger partial charge in [0.25, 0.3) is 5.91 Å². The average molecular weight is 416 g/mol. The third kappa shape index (κ3) is 4.15. The van der Waals surface area contributed by atoms with Gasteiger partial charge >= 0.3 is 6.09 Å². The molecule has 0 saturated carbocycles. The highest BCUT2D eigenvalue weighted by atomic mass is 35.5. The first-order valence-electron chi connectivity index (χ1n) is 9.58. The number of carbonyl (C=O) groups is 2. The summed E-state index contributed by atoms with van der Waals surface area (Å²) >= 11 is 5.98. The second-order valence-electron chi connectivity index (χ2n) is 7.18. The van der Waals surface area contributed by atoms with Gasteiger partial charge in [0, 0.05) is 30.8 Å². The van der Waals surface area contributed by atoms with E-state index in [1.54, 1.807) is 21.9 Å². The number of cyclic esters (lactones) is 1. The summed E-state index contributed by atoms with van der Waals surface area (Å²) in [4.78, 5) is 32.8. The van der Waals surface area contributed by atoms with E-state index in [9.17, 15) is 9.59 Å². The number of hydrogen-bond acceptors (Lipinski definition) is 5. The van der Waals surface area contributed by atoms with Gasteiger partial charge in [-0.1, -0.05) is 41.9 Å². The Kier molecular flexibility index (Phi) is 5.58. The molecule has 0 N–H and O–H groups in total. The van der Waals surface area contributed by atoms with Gasteiger partial charge in [-0.3, -0.25) is 4.79 Å². The van der Waals surface area contributed by atoms with Gasteiger partial charge in [-0.15, -0.1) is 0 Å². The van der Waals surface area contributed by atoms with Gasteiger partial charge in [-0.25, -0.2) is 9.78 Å². The number of pyridine rings is 1.